The second-order valence-electron chi connectivity index (χ2n) is 3.71. The normalized spacial score (nSPS) is 16.9. The van der Waals surface area contributed by atoms with E-state index in [-0.39, 0.29) is 10.7 Å². The lowest BCUT2D eigenvalue weighted by molar-refractivity contribution is 0.576. The van der Waals surface area contributed by atoms with Crippen LogP contribution in [0.4, 0.5) is 0 Å². The Bertz CT molecular complexity index is 296. The first kappa shape index (κ1) is 11.9. The van der Waals surface area contributed by atoms with Crippen LogP contribution >= 0.6 is 12.2 Å². The first-order valence-electron chi connectivity index (χ1n) is 4.75. The number of sulfonamides is 1. The van der Waals surface area contributed by atoms with E-state index < -0.39 is 10.0 Å². The van der Waals surface area contributed by atoms with E-state index in [4.69, 9.17) is 5.73 Å². The van der Waals surface area contributed by atoms with Gasteiger partial charge in [0.2, 0.25) is 10.0 Å². The molecule has 82 valence electrons. The zero-order valence-corrected chi connectivity index (χ0v) is 9.66. The molecule has 0 saturated heterocycles. The lowest BCUT2D eigenvalue weighted by Crippen LogP contribution is -2.32. The summed E-state index contributed by atoms with van der Waals surface area (Å²) in [7, 11) is -3.27. The van der Waals surface area contributed by atoms with Crippen LogP contribution in [-0.4, -0.2) is 25.7 Å². The third-order valence-corrected chi connectivity index (χ3v) is 3.80. The molecule has 0 aromatic carbocycles. The first-order chi connectivity index (χ1) is 6.49. The molecule has 0 aromatic heterocycles. The van der Waals surface area contributed by atoms with E-state index in [1.165, 1.54) is 12.8 Å². The molecule has 0 unspecified atom stereocenters. The molecule has 0 amide bonds. The average Bonchev–Trinajstić information content (AvgIpc) is 2.78. The van der Waals surface area contributed by atoms with Gasteiger partial charge in [-0.05, 0) is 18.8 Å². The summed E-state index contributed by atoms with van der Waals surface area (Å²) < 4.78 is 24.9. The second kappa shape index (κ2) is 5.04. The third-order valence-electron chi connectivity index (χ3n) is 2.14. The summed E-state index contributed by atoms with van der Waals surface area (Å²) in [5, 5.41) is 0. The van der Waals surface area contributed by atoms with Crippen LogP contribution in [0.25, 0.3) is 0 Å². The Morgan fingerprint density at radius 2 is 2.14 bits per heavy atom. The topological polar surface area (TPSA) is 72.2 Å². The van der Waals surface area contributed by atoms with Gasteiger partial charge in [0.15, 0.2) is 0 Å². The van der Waals surface area contributed by atoms with E-state index in [2.05, 4.69) is 16.9 Å². The molecule has 0 aromatic rings. The van der Waals surface area contributed by atoms with Crippen molar-refractivity contribution >= 4 is 27.2 Å². The van der Waals surface area contributed by atoms with Gasteiger partial charge in [-0.3, -0.25) is 0 Å². The molecule has 6 heteroatoms. The lowest BCUT2D eigenvalue weighted by Gasteiger charge is -2.04. The van der Waals surface area contributed by atoms with E-state index in [9.17, 15) is 8.42 Å². The summed E-state index contributed by atoms with van der Waals surface area (Å²) in [4.78, 5) is 0.0136. The van der Waals surface area contributed by atoms with Crippen LogP contribution in [0.1, 0.15) is 25.7 Å². The molecule has 4 nitrogen and oxygen atoms in total. The maximum atomic E-state index is 11.2. The minimum atomic E-state index is -3.27. The van der Waals surface area contributed by atoms with Gasteiger partial charge in [-0.1, -0.05) is 25.1 Å². The molecule has 1 saturated carbocycles. The Hall–Kier alpha value is -0.200. The Morgan fingerprint density at radius 1 is 1.50 bits per heavy atom. The molecule has 0 aliphatic heterocycles. The van der Waals surface area contributed by atoms with Crippen LogP contribution in [0.2, 0.25) is 0 Å². The van der Waals surface area contributed by atoms with Crippen LogP contribution in [0.5, 0.6) is 0 Å². The summed E-state index contributed by atoms with van der Waals surface area (Å²) in [6.45, 7) is 0.501. The van der Waals surface area contributed by atoms with E-state index in [0.717, 1.165) is 18.8 Å². The third kappa shape index (κ3) is 5.51. The molecular formula is C8H16N2O2S2. The summed E-state index contributed by atoms with van der Waals surface area (Å²) in [5.41, 5.74) is 5.15. The predicted molar refractivity (Wildman–Crippen MR) is 60.5 cm³/mol. The zero-order valence-electron chi connectivity index (χ0n) is 8.03. The summed E-state index contributed by atoms with van der Waals surface area (Å²) in [6, 6.07) is 0. The van der Waals surface area contributed by atoms with E-state index >= 15 is 0 Å². The van der Waals surface area contributed by atoms with Crippen molar-refractivity contribution in [2.24, 2.45) is 11.7 Å². The van der Waals surface area contributed by atoms with Crippen molar-refractivity contribution in [1.82, 2.24) is 4.72 Å². The molecule has 0 radical (unpaired) electrons. The summed E-state index contributed by atoms with van der Waals surface area (Å²) in [5.74, 6) is 0.598. The van der Waals surface area contributed by atoms with Gasteiger partial charge in [-0.15, -0.1) is 0 Å². The number of thiocarbonyl (C=S) groups is 1. The van der Waals surface area contributed by atoms with Crippen molar-refractivity contribution in [2.75, 3.05) is 12.3 Å². The highest BCUT2D eigenvalue weighted by atomic mass is 32.2. The molecule has 0 heterocycles. The molecule has 0 bridgehead atoms. The van der Waals surface area contributed by atoms with Crippen LogP contribution in [0, 0.1) is 5.92 Å². The molecule has 3 N–H and O–H groups in total. The number of rotatable bonds is 7. The standard InChI is InChI=1S/C8H16N2O2S2/c9-8(13)6-14(11,12)10-5-1-2-7-3-4-7/h7,10H,1-6H2,(H2,9,13). The monoisotopic (exact) mass is 236 g/mol. The fraction of sp³-hybridized carbons (Fsp3) is 0.875. The molecule has 14 heavy (non-hydrogen) atoms. The maximum Gasteiger partial charge on any atom is 0.218 e. The summed E-state index contributed by atoms with van der Waals surface area (Å²) in [6.07, 6.45) is 4.64. The highest BCUT2D eigenvalue weighted by molar-refractivity contribution is 7.92. The van der Waals surface area contributed by atoms with Gasteiger partial charge in [-0.2, -0.15) is 0 Å². The van der Waals surface area contributed by atoms with Crippen molar-refractivity contribution in [2.45, 2.75) is 25.7 Å². The Balaban J connectivity index is 2.11. The van der Waals surface area contributed by atoms with Crippen LogP contribution in [-0.2, 0) is 10.0 Å². The van der Waals surface area contributed by atoms with Crippen molar-refractivity contribution in [3.63, 3.8) is 0 Å². The summed E-state index contributed by atoms with van der Waals surface area (Å²) >= 11 is 4.53. The lowest BCUT2D eigenvalue weighted by atomic mass is 10.2. The van der Waals surface area contributed by atoms with Gasteiger partial charge in [0, 0.05) is 6.54 Å². The molecular weight excluding hydrogens is 220 g/mol. The van der Waals surface area contributed by atoms with Crippen LogP contribution in [0.15, 0.2) is 0 Å². The van der Waals surface area contributed by atoms with E-state index in [1.807, 2.05) is 0 Å². The van der Waals surface area contributed by atoms with Crippen molar-refractivity contribution in [1.29, 1.82) is 0 Å². The van der Waals surface area contributed by atoms with Gasteiger partial charge in [0.25, 0.3) is 0 Å². The van der Waals surface area contributed by atoms with Crippen molar-refractivity contribution < 1.29 is 8.42 Å². The first-order valence-corrected chi connectivity index (χ1v) is 6.81. The number of nitrogens with two attached hydrogens (primary N) is 1. The minimum absolute atomic E-state index is 0.0136. The smallest absolute Gasteiger partial charge is 0.218 e. The Morgan fingerprint density at radius 3 is 2.64 bits per heavy atom. The molecule has 1 aliphatic carbocycles. The van der Waals surface area contributed by atoms with Gasteiger partial charge in [0.1, 0.15) is 5.75 Å². The number of hydrogen-bond donors (Lipinski definition) is 2. The molecule has 0 spiro atoms. The molecule has 0 atom stereocenters. The van der Waals surface area contributed by atoms with E-state index in [0.29, 0.717) is 6.54 Å². The number of nitrogens with one attached hydrogen (secondary N) is 1. The molecule has 1 aliphatic rings. The minimum Gasteiger partial charge on any atom is -0.392 e. The zero-order chi connectivity index (χ0) is 10.6. The van der Waals surface area contributed by atoms with Gasteiger partial charge >= 0.3 is 0 Å². The fourth-order valence-corrected chi connectivity index (χ4v) is 2.66. The Labute approximate surface area is 90.3 Å². The largest absolute Gasteiger partial charge is 0.392 e. The maximum absolute atomic E-state index is 11.2. The van der Waals surface area contributed by atoms with Crippen LogP contribution < -0.4 is 10.5 Å². The highest BCUT2D eigenvalue weighted by Crippen LogP contribution is 2.33. The fourth-order valence-electron chi connectivity index (χ4n) is 1.26. The van der Waals surface area contributed by atoms with Gasteiger partial charge in [0.05, 0.1) is 4.99 Å². The number of hydrogen-bond acceptors (Lipinski definition) is 3. The van der Waals surface area contributed by atoms with Gasteiger partial charge < -0.3 is 5.73 Å². The van der Waals surface area contributed by atoms with E-state index in [1.54, 1.807) is 0 Å². The predicted octanol–water partition coefficient (Wildman–Crippen LogP) is 0.382. The quantitative estimate of drug-likeness (QED) is 0.495. The molecule has 1 fully saturated rings. The second-order valence-corrected chi connectivity index (χ2v) is 6.04. The van der Waals surface area contributed by atoms with Gasteiger partial charge in [-0.25, -0.2) is 13.1 Å². The average molecular weight is 236 g/mol. The highest BCUT2D eigenvalue weighted by Gasteiger charge is 2.20. The van der Waals surface area contributed by atoms with Crippen LogP contribution in [0.3, 0.4) is 0 Å². The van der Waals surface area contributed by atoms with Crippen molar-refractivity contribution in [3.8, 4) is 0 Å². The van der Waals surface area contributed by atoms with Crippen molar-refractivity contribution in [3.05, 3.63) is 0 Å². The SMILES string of the molecule is NC(=S)CS(=O)(=O)NCCCC1CC1. The molecule has 1 rings (SSSR count). The Kier molecular flexibility index (Phi) is 4.28.